The van der Waals surface area contributed by atoms with Crippen LogP contribution in [0.4, 0.5) is 0 Å². The molecule has 1 aliphatic rings. The second kappa shape index (κ2) is 5.23. The number of aliphatic hydroxyl groups excluding tert-OH is 4. The van der Waals surface area contributed by atoms with Crippen LogP contribution in [0.1, 0.15) is 0 Å². The van der Waals surface area contributed by atoms with E-state index in [1.165, 1.54) is 0 Å². The van der Waals surface area contributed by atoms with Crippen molar-refractivity contribution in [1.82, 2.24) is 0 Å². The molecule has 0 saturated carbocycles. The van der Waals surface area contributed by atoms with Gasteiger partial charge in [0, 0.05) is 0 Å². The van der Waals surface area contributed by atoms with E-state index in [0.717, 1.165) is 0 Å². The van der Waals surface area contributed by atoms with Crippen molar-refractivity contribution in [2.75, 3.05) is 13.2 Å². The number of nitrogens with two attached hydrogens (primary N) is 1. The van der Waals surface area contributed by atoms with Gasteiger partial charge in [-0.05, 0) is 0 Å². The van der Waals surface area contributed by atoms with Crippen LogP contribution in [0.5, 0.6) is 0 Å². The second-order valence-corrected chi connectivity index (χ2v) is 3.61. The Morgan fingerprint density at radius 3 is 2.41 bits per heavy atom. The minimum absolute atomic E-state index is 0.732. The maximum Gasteiger partial charge on any atom is 0.346 e. The van der Waals surface area contributed by atoms with E-state index in [9.17, 15) is 20.1 Å². The molecule has 1 fully saturated rings. The van der Waals surface area contributed by atoms with Crippen molar-refractivity contribution in [1.29, 1.82) is 0 Å². The Balaban J connectivity index is 2.86. The van der Waals surface area contributed by atoms with E-state index < -0.39 is 49.5 Å². The van der Waals surface area contributed by atoms with Crippen LogP contribution in [0.2, 0.25) is 0 Å². The van der Waals surface area contributed by atoms with E-state index in [0.29, 0.717) is 0 Å². The number of hydrogen-bond donors (Lipinski definition) is 6. The number of esters is 1. The standard InChI is InChI=1S/C8H15NO8/c9-7-6(14)5(13)3(1-10)16-8(7,15)17-4(12)2-11/h3,5-7,10-11,13-15H,1-2,9H2/t3-,5-,6+,7-,8-/m1/s1. The predicted octanol–water partition coefficient (Wildman–Crippen LogP) is -4.39. The molecule has 0 unspecified atom stereocenters. The van der Waals surface area contributed by atoms with Crippen LogP contribution in [-0.4, -0.2) is 75.0 Å². The Morgan fingerprint density at radius 1 is 1.35 bits per heavy atom. The summed E-state index contributed by atoms with van der Waals surface area (Å²) in [4.78, 5) is 10.8. The number of carbonyl (C=O) groups excluding carboxylic acids is 1. The molecule has 0 aromatic carbocycles. The highest BCUT2D eigenvalue weighted by molar-refractivity contribution is 5.70. The lowest BCUT2D eigenvalue weighted by Gasteiger charge is -2.44. The first-order valence-electron chi connectivity index (χ1n) is 4.81. The molecule has 7 N–H and O–H groups in total. The summed E-state index contributed by atoms with van der Waals surface area (Å²) >= 11 is 0. The molecule has 1 aliphatic heterocycles. The molecule has 1 saturated heterocycles. The fourth-order valence-corrected chi connectivity index (χ4v) is 1.45. The van der Waals surface area contributed by atoms with Gasteiger partial charge in [-0.15, -0.1) is 0 Å². The maximum atomic E-state index is 10.8. The number of rotatable bonds is 3. The minimum Gasteiger partial charge on any atom is -0.405 e. The summed E-state index contributed by atoms with van der Waals surface area (Å²) in [5, 5.41) is 46.0. The largest absolute Gasteiger partial charge is 0.405 e. The van der Waals surface area contributed by atoms with Crippen molar-refractivity contribution < 1.29 is 39.8 Å². The number of aliphatic hydroxyl groups is 5. The zero-order valence-electron chi connectivity index (χ0n) is 8.76. The van der Waals surface area contributed by atoms with Gasteiger partial charge in [0.1, 0.15) is 31.0 Å². The molecule has 5 atom stereocenters. The minimum atomic E-state index is -2.72. The first-order chi connectivity index (χ1) is 7.85. The summed E-state index contributed by atoms with van der Waals surface area (Å²) < 4.78 is 9.04. The van der Waals surface area contributed by atoms with Gasteiger partial charge in [0.2, 0.25) is 0 Å². The molecule has 1 rings (SSSR count). The fraction of sp³-hybridized carbons (Fsp3) is 0.875. The van der Waals surface area contributed by atoms with Crippen LogP contribution < -0.4 is 5.73 Å². The average molecular weight is 253 g/mol. The van der Waals surface area contributed by atoms with Gasteiger partial charge in [-0.3, -0.25) is 0 Å². The van der Waals surface area contributed by atoms with Gasteiger partial charge in [-0.25, -0.2) is 4.79 Å². The van der Waals surface area contributed by atoms with Crippen molar-refractivity contribution in [2.24, 2.45) is 5.73 Å². The van der Waals surface area contributed by atoms with Crippen LogP contribution in [0.25, 0.3) is 0 Å². The Bertz CT molecular complexity index is 285. The third-order valence-corrected chi connectivity index (χ3v) is 2.41. The lowest BCUT2D eigenvalue weighted by molar-refractivity contribution is -0.407. The first-order valence-corrected chi connectivity index (χ1v) is 4.81. The van der Waals surface area contributed by atoms with Crippen molar-refractivity contribution >= 4 is 5.97 Å². The highest BCUT2D eigenvalue weighted by Crippen LogP contribution is 2.27. The van der Waals surface area contributed by atoms with Crippen molar-refractivity contribution in [3.05, 3.63) is 0 Å². The molecule has 17 heavy (non-hydrogen) atoms. The Hall–Kier alpha value is -0.810. The summed E-state index contributed by atoms with van der Waals surface area (Å²) in [6, 6.07) is -1.64. The molecule has 0 spiro atoms. The molecule has 9 nitrogen and oxygen atoms in total. The number of ether oxygens (including phenoxy) is 2. The van der Waals surface area contributed by atoms with Crippen LogP contribution in [0.15, 0.2) is 0 Å². The second-order valence-electron chi connectivity index (χ2n) is 3.61. The molecule has 0 bridgehead atoms. The average Bonchev–Trinajstić information content (AvgIpc) is 2.31. The molecule has 0 amide bonds. The summed E-state index contributed by atoms with van der Waals surface area (Å²) in [7, 11) is 0. The molecule has 1 heterocycles. The molecule has 0 radical (unpaired) electrons. The van der Waals surface area contributed by atoms with Gasteiger partial charge in [-0.2, -0.15) is 0 Å². The van der Waals surface area contributed by atoms with Crippen molar-refractivity contribution in [3.63, 3.8) is 0 Å². The van der Waals surface area contributed by atoms with Crippen LogP contribution in [0.3, 0.4) is 0 Å². The predicted molar refractivity (Wildman–Crippen MR) is 50.1 cm³/mol. The van der Waals surface area contributed by atoms with Gasteiger partial charge < -0.3 is 40.7 Å². The summed E-state index contributed by atoms with van der Waals surface area (Å²) in [5.74, 6) is -3.95. The summed E-state index contributed by atoms with van der Waals surface area (Å²) in [6.45, 7) is -1.76. The van der Waals surface area contributed by atoms with Gasteiger partial charge >= 0.3 is 11.9 Å². The Kier molecular flexibility index (Phi) is 4.38. The quantitative estimate of drug-likeness (QED) is 0.215. The van der Waals surface area contributed by atoms with Crippen LogP contribution >= 0.6 is 0 Å². The van der Waals surface area contributed by atoms with Gasteiger partial charge in [0.05, 0.1) is 6.61 Å². The van der Waals surface area contributed by atoms with E-state index in [2.05, 4.69) is 4.74 Å². The van der Waals surface area contributed by atoms with Gasteiger partial charge in [0.15, 0.2) is 0 Å². The third-order valence-electron chi connectivity index (χ3n) is 2.41. The first kappa shape index (κ1) is 14.3. The molecular formula is C8H15NO8. The van der Waals surface area contributed by atoms with Crippen LogP contribution in [0, 0.1) is 0 Å². The SMILES string of the molecule is N[C@@H]1[C@@H](O)[C@H](O)[C@@H](CO)O[C@@]1(O)OC(=O)CO. The monoisotopic (exact) mass is 253 g/mol. The van der Waals surface area contributed by atoms with Gasteiger partial charge in [0.25, 0.3) is 0 Å². The van der Waals surface area contributed by atoms with E-state index in [1.54, 1.807) is 0 Å². The molecule has 0 aromatic heterocycles. The fourth-order valence-electron chi connectivity index (χ4n) is 1.45. The molecule has 9 heteroatoms. The van der Waals surface area contributed by atoms with Crippen molar-refractivity contribution in [2.45, 2.75) is 30.3 Å². The molecule has 100 valence electrons. The maximum absolute atomic E-state index is 10.8. The summed E-state index contributed by atoms with van der Waals surface area (Å²) in [6.07, 6.45) is -4.58. The van der Waals surface area contributed by atoms with E-state index in [1.807, 2.05) is 0 Å². The van der Waals surface area contributed by atoms with E-state index in [-0.39, 0.29) is 0 Å². The molecule has 0 aromatic rings. The number of hydrogen-bond acceptors (Lipinski definition) is 9. The lowest BCUT2D eigenvalue weighted by atomic mass is 9.96. The smallest absolute Gasteiger partial charge is 0.346 e. The van der Waals surface area contributed by atoms with Crippen molar-refractivity contribution in [3.8, 4) is 0 Å². The number of carbonyl (C=O) groups is 1. The Morgan fingerprint density at radius 2 is 1.94 bits per heavy atom. The third kappa shape index (κ3) is 2.72. The topological polar surface area (TPSA) is 163 Å². The molecular weight excluding hydrogens is 238 g/mol. The normalized spacial score (nSPS) is 42.2. The van der Waals surface area contributed by atoms with E-state index in [4.69, 9.17) is 20.7 Å². The molecule has 0 aliphatic carbocycles. The zero-order chi connectivity index (χ0) is 13.2. The van der Waals surface area contributed by atoms with Crippen LogP contribution in [-0.2, 0) is 14.3 Å². The highest BCUT2D eigenvalue weighted by atomic mass is 16.8. The zero-order valence-corrected chi connectivity index (χ0v) is 8.76. The van der Waals surface area contributed by atoms with Gasteiger partial charge in [-0.1, -0.05) is 0 Å². The van der Waals surface area contributed by atoms with E-state index >= 15 is 0 Å². The summed E-state index contributed by atoms with van der Waals surface area (Å²) in [5.41, 5.74) is 5.34. The highest BCUT2D eigenvalue weighted by Gasteiger charge is 2.54. The lowest BCUT2D eigenvalue weighted by Crippen LogP contribution is -2.69. The Labute approximate surface area is 96.0 Å².